The molecule has 0 amide bonds. The van der Waals surface area contributed by atoms with E-state index in [0.717, 1.165) is 0 Å². The Bertz CT molecular complexity index is 1360. The minimum Gasteiger partial charge on any atom is -0.491 e. The van der Waals surface area contributed by atoms with E-state index >= 15 is 0 Å². The quantitative estimate of drug-likeness (QED) is 0.0998. The van der Waals surface area contributed by atoms with Crippen LogP contribution in [0, 0.1) is 6.92 Å². The lowest BCUT2D eigenvalue weighted by molar-refractivity contribution is -0.142. The highest BCUT2D eigenvalue weighted by Gasteiger charge is 2.34. The van der Waals surface area contributed by atoms with Gasteiger partial charge in [0.2, 0.25) is 0 Å². The minimum absolute atomic E-state index is 0.181. The Labute approximate surface area is 248 Å². The van der Waals surface area contributed by atoms with E-state index in [1.807, 2.05) is 0 Å². The lowest BCUT2D eigenvalue weighted by Gasteiger charge is -2.24. The molecule has 0 radical (unpaired) electrons. The fourth-order valence-corrected chi connectivity index (χ4v) is 5.17. The predicted molar refractivity (Wildman–Crippen MR) is 153 cm³/mol. The summed E-state index contributed by atoms with van der Waals surface area (Å²) in [6.07, 6.45) is 3.08. The SMILES string of the molecule is COCCOCCOCCOc1ccc(OP(=O)(NC(C)C(=O)OC)OC[C@@H]2C=C[C@H](n3cc(C)c(=O)[nH]c3=O)O2)cc1. The summed E-state index contributed by atoms with van der Waals surface area (Å²) >= 11 is 0. The third-order valence-electron chi connectivity index (χ3n) is 5.89. The van der Waals surface area contributed by atoms with Crippen LogP contribution in [0.3, 0.4) is 0 Å². The zero-order valence-corrected chi connectivity index (χ0v) is 25.4. The first-order valence-electron chi connectivity index (χ1n) is 13.5. The number of nitrogens with one attached hydrogen (secondary N) is 2. The molecule has 0 saturated carbocycles. The molecule has 1 aromatic heterocycles. The van der Waals surface area contributed by atoms with Gasteiger partial charge in [-0.05, 0) is 44.2 Å². The smallest absolute Gasteiger partial charge is 0.459 e. The molecule has 0 aliphatic carbocycles. The van der Waals surface area contributed by atoms with Crippen LogP contribution >= 0.6 is 7.75 Å². The van der Waals surface area contributed by atoms with Gasteiger partial charge >= 0.3 is 19.4 Å². The van der Waals surface area contributed by atoms with E-state index in [4.69, 9.17) is 37.5 Å². The van der Waals surface area contributed by atoms with E-state index in [1.54, 1.807) is 38.3 Å². The van der Waals surface area contributed by atoms with Crippen molar-refractivity contribution < 1.29 is 46.8 Å². The van der Waals surface area contributed by atoms with Gasteiger partial charge in [-0.15, -0.1) is 0 Å². The van der Waals surface area contributed by atoms with Gasteiger partial charge in [-0.2, -0.15) is 5.09 Å². The molecule has 4 atom stereocenters. The number of aromatic amines is 1. The molecule has 1 aromatic carbocycles. The first kappa shape index (κ1) is 34.2. The molecule has 16 heteroatoms. The van der Waals surface area contributed by atoms with Crippen LogP contribution in [-0.4, -0.2) is 88.1 Å². The molecule has 1 aliphatic heterocycles. The van der Waals surface area contributed by atoms with Gasteiger partial charge in [-0.1, -0.05) is 6.08 Å². The third-order valence-corrected chi connectivity index (χ3v) is 7.53. The summed E-state index contributed by atoms with van der Waals surface area (Å²) in [5.74, 6) is 0.0350. The number of esters is 1. The number of H-pyrrole nitrogens is 1. The molecule has 2 unspecified atom stereocenters. The number of aromatic nitrogens is 2. The third kappa shape index (κ3) is 11.0. The van der Waals surface area contributed by atoms with Crippen molar-refractivity contribution in [2.24, 2.45) is 0 Å². The van der Waals surface area contributed by atoms with Crippen molar-refractivity contribution >= 4 is 13.7 Å². The number of benzene rings is 1. The molecular weight excluding hydrogens is 589 g/mol. The molecule has 3 rings (SSSR count). The lowest BCUT2D eigenvalue weighted by Crippen LogP contribution is -2.35. The zero-order valence-electron chi connectivity index (χ0n) is 24.5. The van der Waals surface area contributed by atoms with Gasteiger partial charge in [-0.3, -0.25) is 23.7 Å². The molecule has 1 aliphatic rings. The summed E-state index contributed by atoms with van der Waals surface area (Å²) in [7, 11) is -1.35. The van der Waals surface area contributed by atoms with Crippen molar-refractivity contribution in [3.63, 3.8) is 0 Å². The Balaban J connectivity index is 1.54. The van der Waals surface area contributed by atoms with Gasteiger partial charge in [0.1, 0.15) is 30.3 Å². The van der Waals surface area contributed by atoms with E-state index in [0.29, 0.717) is 51.0 Å². The number of nitrogens with zero attached hydrogens (tertiary/aromatic N) is 1. The highest BCUT2D eigenvalue weighted by molar-refractivity contribution is 7.52. The van der Waals surface area contributed by atoms with Crippen LogP contribution in [0.5, 0.6) is 11.5 Å². The van der Waals surface area contributed by atoms with E-state index in [1.165, 1.54) is 36.9 Å². The van der Waals surface area contributed by atoms with Gasteiger partial charge in [0.25, 0.3) is 5.56 Å². The number of hydrogen-bond acceptors (Lipinski definition) is 12. The van der Waals surface area contributed by atoms with Crippen LogP contribution in [0.25, 0.3) is 0 Å². The molecule has 0 saturated heterocycles. The van der Waals surface area contributed by atoms with Crippen molar-refractivity contribution in [2.75, 3.05) is 60.5 Å². The molecule has 43 heavy (non-hydrogen) atoms. The molecule has 0 spiro atoms. The van der Waals surface area contributed by atoms with Crippen molar-refractivity contribution in [3.8, 4) is 11.5 Å². The molecule has 2 N–H and O–H groups in total. The first-order valence-corrected chi connectivity index (χ1v) is 15.0. The van der Waals surface area contributed by atoms with Crippen molar-refractivity contribution in [1.82, 2.24) is 14.6 Å². The van der Waals surface area contributed by atoms with E-state index < -0.39 is 43.3 Å². The van der Waals surface area contributed by atoms with Gasteiger partial charge in [0, 0.05) is 18.9 Å². The second-order valence-corrected chi connectivity index (χ2v) is 10.9. The molecular formula is C27H38N3O12P. The Kier molecular flexibility index (Phi) is 13.6. The van der Waals surface area contributed by atoms with Crippen LogP contribution in [-0.2, 0) is 37.6 Å². The average Bonchev–Trinajstić information content (AvgIpc) is 3.46. The monoisotopic (exact) mass is 627 g/mol. The summed E-state index contributed by atoms with van der Waals surface area (Å²) in [4.78, 5) is 38.1. The van der Waals surface area contributed by atoms with Crippen LogP contribution < -0.4 is 25.6 Å². The Hall–Kier alpha value is -3.30. The Morgan fingerprint density at radius 1 is 1.02 bits per heavy atom. The standard InChI is InChI=1S/C27H38N3O12P/c1-19-17-30(27(33)28-25(19)31)24-10-9-23(41-24)18-40-43(34,29-20(2)26(32)36-4)42-22-7-5-21(6-8-22)39-16-15-38-14-13-37-12-11-35-3/h5-10,17,20,23-24H,11-16,18H2,1-4H3,(H,29,34)(H,28,31,33)/t20?,23-,24+,43?/m0/s1. The maximum absolute atomic E-state index is 13.7. The van der Waals surface area contributed by atoms with Crippen molar-refractivity contribution in [2.45, 2.75) is 32.2 Å². The Morgan fingerprint density at radius 2 is 1.67 bits per heavy atom. The highest BCUT2D eigenvalue weighted by Crippen LogP contribution is 2.45. The first-order chi connectivity index (χ1) is 20.6. The van der Waals surface area contributed by atoms with E-state index in [2.05, 4.69) is 10.1 Å². The number of hydrogen-bond donors (Lipinski definition) is 2. The number of aryl methyl sites for hydroxylation is 1. The summed E-state index contributed by atoms with van der Waals surface area (Å²) in [6.45, 7) is 5.35. The molecule has 238 valence electrons. The molecule has 0 fully saturated rings. The summed E-state index contributed by atoms with van der Waals surface area (Å²) in [6, 6.07) is 5.28. The van der Waals surface area contributed by atoms with Gasteiger partial charge < -0.3 is 32.9 Å². The highest BCUT2D eigenvalue weighted by atomic mass is 31.2. The van der Waals surface area contributed by atoms with Gasteiger partial charge in [0.15, 0.2) is 6.23 Å². The van der Waals surface area contributed by atoms with Crippen LogP contribution in [0.2, 0.25) is 0 Å². The average molecular weight is 628 g/mol. The van der Waals surface area contributed by atoms with Crippen LogP contribution in [0.15, 0.2) is 52.2 Å². The second kappa shape index (κ2) is 17.1. The Morgan fingerprint density at radius 3 is 2.35 bits per heavy atom. The molecule has 15 nitrogen and oxygen atoms in total. The summed E-state index contributed by atoms with van der Waals surface area (Å²) < 4.78 is 58.0. The van der Waals surface area contributed by atoms with Crippen molar-refractivity contribution in [1.29, 1.82) is 0 Å². The van der Waals surface area contributed by atoms with E-state index in [9.17, 15) is 18.9 Å². The van der Waals surface area contributed by atoms with Gasteiger partial charge in [0.05, 0.1) is 46.8 Å². The topological polar surface area (TPSA) is 175 Å². The minimum atomic E-state index is -4.15. The lowest BCUT2D eigenvalue weighted by atomic mass is 10.3. The van der Waals surface area contributed by atoms with Crippen molar-refractivity contribution in [3.05, 3.63) is 69.0 Å². The molecule has 0 bridgehead atoms. The maximum Gasteiger partial charge on any atom is 0.459 e. The molecule has 2 aromatic rings. The largest absolute Gasteiger partial charge is 0.491 e. The number of methoxy groups -OCH3 is 2. The fourth-order valence-electron chi connectivity index (χ4n) is 3.66. The number of carbonyl (C=O) groups is 1. The summed E-state index contributed by atoms with van der Waals surface area (Å²) in [5, 5.41) is 2.56. The number of rotatable bonds is 19. The normalized spacial score (nSPS) is 18.2. The number of carbonyl (C=O) groups excluding carboxylic acids is 1. The fraction of sp³-hybridized carbons (Fsp3) is 0.519. The number of ether oxygens (including phenoxy) is 6. The zero-order chi connectivity index (χ0) is 31.2. The maximum atomic E-state index is 13.7. The van der Waals surface area contributed by atoms with Crippen LogP contribution in [0.4, 0.5) is 0 Å². The van der Waals surface area contributed by atoms with Crippen LogP contribution in [0.1, 0.15) is 18.7 Å². The predicted octanol–water partition coefficient (Wildman–Crippen LogP) is 1.71. The molecule has 2 heterocycles. The van der Waals surface area contributed by atoms with E-state index in [-0.39, 0.29) is 12.4 Å². The summed E-state index contributed by atoms with van der Waals surface area (Å²) in [5.41, 5.74) is -0.798. The second-order valence-electron chi connectivity index (χ2n) is 9.22. The van der Waals surface area contributed by atoms with Gasteiger partial charge in [-0.25, -0.2) is 9.36 Å².